The molecule has 1 aromatic rings. The lowest BCUT2D eigenvalue weighted by molar-refractivity contribution is -0.162. The number of benzene rings is 1. The minimum absolute atomic E-state index is 0.00277. The molecular formula is C20H29NO6. The number of nitrogens with zero attached hydrogens (tertiary/aromatic N) is 1. The van der Waals surface area contributed by atoms with Crippen molar-refractivity contribution in [2.75, 3.05) is 27.4 Å². The molecule has 1 aliphatic rings. The molecule has 0 aliphatic carbocycles. The summed E-state index contributed by atoms with van der Waals surface area (Å²) in [7, 11) is 2.96. The van der Waals surface area contributed by atoms with Crippen molar-refractivity contribution < 1.29 is 28.5 Å². The van der Waals surface area contributed by atoms with Crippen molar-refractivity contribution in [3.63, 3.8) is 0 Å². The van der Waals surface area contributed by atoms with Crippen LogP contribution in [0, 0.1) is 0 Å². The Balaban J connectivity index is 2.11. The zero-order chi connectivity index (χ0) is 20.2. The van der Waals surface area contributed by atoms with E-state index in [1.54, 1.807) is 31.9 Å². The van der Waals surface area contributed by atoms with Gasteiger partial charge in [-0.15, -0.1) is 0 Å². The van der Waals surface area contributed by atoms with Crippen molar-refractivity contribution in [2.45, 2.75) is 51.9 Å². The fourth-order valence-corrected chi connectivity index (χ4v) is 3.10. The number of amides is 1. The van der Waals surface area contributed by atoms with Crippen LogP contribution in [0.2, 0.25) is 0 Å². The first-order valence-electron chi connectivity index (χ1n) is 9.03. The maximum absolute atomic E-state index is 12.0. The number of carbonyl (C=O) groups excluding carboxylic acids is 2. The van der Waals surface area contributed by atoms with E-state index in [1.807, 2.05) is 26.0 Å². The van der Waals surface area contributed by atoms with Gasteiger partial charge < -0.3 is 23.8 Å². The lowest BCUT2D eigenvalue weighted by atomic mass is 10.0. The van der Waals surface area contributed by atoms with Gasteiger partial charge in [-0.1, -0.05) is 6.07 Å². The number of esters is 1. The molecule has 1 heterocycles. The van der Waals surface area contributed by atoms with Crippen LogP contribution >= 0.6 is 0 Å². The molecule has 2 rings (SSSR count). The van der Waals surface area contributed by atoms with E-state index in [0.717, 1.165) is 5.56 Å². The van der Waals surface area contributed by atoms with Gasteiger partial charge in [-0.3, -0.25) is 4.79 Å². The Kier molecular flexibility index (Phi) is 6.70. The van der Waals surface area contributed by atoms with Gasteiger partial charge in [-0.2, -0.15) is 0 Å². The number of carbonyl (C=O) groups is 2. The third-order valence-corrected chi connectivity index (χ3v) is 4.79. The SMILES string of the molecule is COC(=O)C1(C)COc2cc(C[C@@H](C)N(CC(C)OC)C(C)=O)ccc2O1. The van der Waals surface area contributed by atoms with E-state index in [4.69, 9.17) is 18.9 Å². The summed E-state index contributed by atoms with van der Waals surface area (Å²) in [5, 5.41) is 0. The summed E-state index contributed by atoms with van der Waals surface area (Å²) >= 11 is 0. The Morgan fingerprint density at radius 3 is 2.56 bits per heavy atom. The Labute approximate surface area is 160 Å². The van der Waals surface area contributed by atoms with Gasteiger partial charge in [-0.05, 0) is 44.9 Å². The van der Waals surface area contributed by atoms with Gasteiger partial charge in [0.15, 0.2) is 11.5 Å². The monoisotopic (exact) mass is 379 g/mol. The number of hydrogen-bond acceptors (Lipinski definition) is 6. The van der Waals surface area contributed by atoms with E-state index in [9.17, 15) is 9.59 Å². The van der Waals surface area contributed by atoms with E-state index in [1.165, 1.54) is 7.11 Å². The maximum Gasteiger partial charge on any atom is 0.353 e. The van der Waals surface area contributed by atoms with Crippen LogP contribution in [-0.4, -0.2) is 61.9 Å². The lowest BCUT2D eigenvalue weighted by Crippen LogP contribution is -2.49. The van der Waals surface area contributed by atoms with Gasteiger partial charge in [0.05, 0.1) is 13.2 Å². The zero-order valence-corrected chi connectivity index (χ0v) is 16.9. The molecule has 0 radical (unpaired) electrons. The summed E-state index contributed by atoms with van der Waals surface area (Å²) < 4.78 is 21.6. The normalized spacial score (nSPS) is 20.5. The van der Waals surface area contributed by atoms with Gasteiger partial charge in [0.2, 0.25) is 11.5 Å². The molecule has 150 valence electrons. The molecule has 0 spiro atoms. The van der Waals surface area contributed by atoms with E-state index in [2.05, 4.69) is 0 Å². The molecule has 0 saturated carbocycles. The molecule has 1 aliphatic heterocycles. The Hall–Kier alpha value is -2.28. The third-order valence-electron chi connectivity index (χ3n) is 4.79. The first-order chi connectivity index (χ1) is 12.7. The summed E-state index contributed by atoms with van der Waals surface area (Å²) in [6.07, 6.45) is 0.633. The van der Waals surface area contributed by atoms with E-state index < -0.39 is 11.6 Å². The minimum Gasteiger partial charge on any atom is -0.485 e. The summed E-state index contributed by atoms with van der Waals surface area (Å²) in [6.45, 7) is 7.77. The number of ether oxygens (including phenoxy) is 4. The fraction of sp³-hybridized carbons (Fsp3) is 0.600. The number of rotatable bonds is 7. The van der Waals surface area contributed by atoms with E-state index >= 15 is 0 Å². The van der Waals surface area contributed by atoms with Crippen molar-refractivity contribution in [2.24, 2.45) is 0 Å². The Morgan fingerprint density at radius 2 is 1.96 bits per heavy atom. The Bertz CT molecular complexity index is 691. The molecule has 7 heteroatoms. The molecule has 0 N–H and O–H groups in total. The zero-order valence-electron chi connectivity index (χ0n) is 16.9. The van der Waals surface area contributed by atoms with Gasteiger partial charge in [0, 0.05) is 26.6 Å². The molecular weight excluding hydrogens is 350 g/mol. The molecule has 7 nitrogen and oxygen atoms in total. The van der Waals surface area contributed by atoms with Crippen LogP contribution in [0.3, 0.4) is 0 Å². The van der Waals surface area contributed by atoms with Crippen molar-refractivity contribution >= 4 is 11.9 Å². The van der Waals surface area contributed by atoms with Crippen LogP contribution < -0.4 is 9.47 Å². The van der Waals surface area contributed by atoms with Crippen LogP contribution in [0.15, 0.2) is 18.2 Å². The topological polar surface area (TPSA) is 74.3 Å². The summed E-state index contributed by atoms with van der Waals surface area (Å²) in [5.74, 6) is 0.621. The van der Waals surface area contributed by atoms with Gasteiger partial charge >= 0.3 is 5.97 Å². The molecule has 2 unspecified atom stereocenters. The smallest absolute Gasteiger partial charge is 0.353 e. The summed E-state index contributed by atoms with van der Waals surface area (Å²) in [5.41, 5.74) is -0.138. The molecule has 3 atom stereocenters. The average molecular weight is 379 g/mol. The highest BCUT2D eigenvalue weighted by atomic mass is 16.6. The summed E-state index contributed by atoms with van der Waals surface area (Å²) in [4.78, 5) is 25.7. The molecule has 1 amide bonds. The van der Waals surface area contributed by atoms with E-state index in [0.29, 0.717) is 24.5 Å². The van der Waals surface area contributed by atoms with Gasteiger partial charge in [0.1, 0.15) is 6.61 Å². The van der Waals surface area contributed by atoms with Gasteiger partial charge in [-0.25, -0.2) is 4.79 Å². The molecule has 0 saturated heterocycles. The second-order valence-corrected chi connectivity index (χ2v) is 7.17. The largest absolute Gasteiger partial charge is 0.485 e. The second-order valence-electron chi connectivity index (χ2n) is 7.17. The fourth-order valence-electron chi connectivity index (χ4n) is 3.10. The predicted octanol–water partition coefficient (Wildman–Crippen LogP) is 2.20. The number of methoxy groups -OCH3 is 2. The maximum atomic E-state index is 12.0. The highest BCUT2D eigenvalue weighted by Crippen LogP contribution is 2.36. The summed E-state index contributed by atoms with van der Waals surface area (Å²) in [6, 6.07) is 5.59. The Morgan fingerprint density at radius 1 is 1.26 bits per heavy atom. The molecule has 0 bridgehead atoms. The van der Waals surface area contributed by atoms with Crippen molar-refractivity contribution in [3.8, 4) is 11.5 Å². The highest BCUT2D eigenvalue weighted by molar-refractivity contribution is 5.80. The first-order valence-corrected chi connectivity index (χ1v) is 9.03. The first kappa shape index (κ1) is 21.0. The van der Waals surface area contributed by atoms with Crippen molar-refractivity contribution in [1.29, 1.82) is 0 Å². The van der Waals surface area contributed by atoms with Crippen LogP contribution in [0.1, 0.15) is 33.3 Å². The average Bonchev–Trinajstić information content (AvgIpc) is 2.64. The molecule has 0 fully saturated rings. The van der Waals surface area contributed by atoms with Crippen LogP contribution in [0.4, 0.5) is 0 Å². The lowest BCUT2D eigenvalue weighted by Gasteiger charge is -2.33. The molecule has 1 aromatic carbocycles. The highest BCUT2D eigenvalue weighted by Gasteiger charge is 2.42. The van der Waals surface area contributed by atoms with Crippen LogP contribution in [-0.2, 0) is 25.5 Å². The quantitative estimate of drug-likeness (QED) is 0.676. The molecule has 27 heavy (non-hydrogen) atoms. The van der Waals surface area contributed by atoms with Crippen LogP contribution in [0.25, 0.3) is 0 Å². The number of fused-ring (bicyclic) bond motifs is 1. The van der Waals surface area contributed by atoms with Crippen molar-refractivity contribution in [1.82, 2.24) is 4.90 Å². The van der Waals surface area contributed by atoms with Crippen molar-refractivity contribution in [3.05, 3.63) is 23.8 Å². The van der Waals surface area contributed by atoms with Gasteiger partial charge in [0.25, 0.3) is 0 Å². The standard InChI is InChI=1S/C20H29NO6/c1-13(21(15(3)22)11-14(2)24-5)9-16-7-8-17-18(10-16)26-12-20(4,27-17)19(23)25-6/h7-8,10,13-14H,9,11-12H2,1-6H3/t13-,14?,20?/m1/s1. The van der Waals surface area contributed by atoms with Crippen LogP contribution in [0.5, 0.6) is 11.5 Å². The van der Waals surface area contributed by atoms with E-state index in [-0.39, 0.29) is 24.7 Å². The second kappa shape index (κ2) is 8.61. The minimum atomic E-state index is -1.15. The predicted molar refractivity (Wildman–Crippen MR) is 100 cm³/mol. The molecule has 0 aromatic heterocycles. The third kappa shape index (κ3) is 4.91. The number of hydrogen-bond donors (Lipinski definition) is 0.